The third kappa shape index (κ3) is 3.29. The SMILES string of the molecule is CC(C)(C)CNC(=O)N1Cc2ccc(C(=O)O)cc2C1. The zero-order chi connectivity index (χ0) is 14.9. The Kier molecular flexibility index (Phi) is 3.70. The van der Waals surface area contributed by atoms with Gasteiger partial charge in [-0.2, -0.15) is 0 Å². The van der Waals surface area contributed by atoms with Crippen molar-refractivity contribution in [1.29, 1.82) is 0 Å². The maximum absolute atomic E-state index is 12.1. The first kappa shape index (κ1) is 14.4. The van der Waals surface area contributed by atoms with Crippen molar-refractivity contribution in [3.05, 3.63) is 34.9 Å². The molecule has 1 aliphatic rings. The van der Waals surface area contributed by atoms with E-state index in [0.29, 0.717) is 19.6 Å². The van der Waals surface area contributed by atoms with Gasteiger partial charge < -0.3 is 15.3 Å². The Morgan fingerprint density at radius 2 is 1.90 bits per heavy atom. The molecular weight excluding hydrogens is 256 g/mol. The highest BCUT2D eigenvalue weighted by Gasteiger charge is 2.25. The van der Waals surface area contributed by atoms with E-state index in [-0.39, 0.29) is 17.0 Å². The minimum absolute atomic E-state index is 0.0404. The number of carbonyl (C=O) groups is 2. The number of aromatic carboxylic acids is 1. The molecular formula is C15H20N2O3. The fourth-order valence-electron chi connectivity index (χ4n) is 2.12. The summed E-state index contributed by atoms with van der Waals surface area (Å²) in [7, 11) is 0. The first-order chi connectivity index (χ1) is 9.26. The monoisotopic (exact) mass is 276 g/mol. The summed E-state index contributed by atoms with van der Waals surface area (Å²) >= 11 is 0. The van der Waals surface area contributed by atoms with Gasteiger partial charge in [-0.1, -0.05) is 26.8 Å². The summed E-state index contributed by atoms with van der Waals surface area (Å²) in [6.45, 7) is 7.79. The van der Waals surface area contributed by atoms with Gasteiger partial charge in [0.05, 0.1) is 5.56 Å². The number of fused-ring (bicyclic) bond motifs is 1. The maximum Gasteiger partial charge on any atom is 0.335 e. The molecule has 1 aliphatic heterocycles. The highest BCUT2D eigenvalue weighted by Crippen LogP contribution is 2.24. The molecule has 5 heteroatoms. The molecule has 0 bridgehead atoms. The van der Waals surface area contributed by atoms with Gasteiger partial charge in [0.25, 0.3) is 0 Å². The van der Waals surface area contributed by atoms with Crippen molar-refractivity contribution in [2.45, 2.75) is 33.9 Å². The largest absolute Gasteiger partial charge is 0.478 e. The Labute approximate surface area is 118 Å². The normalized spacial score (nSPS) is 14.1. The third-order valence-corrected chi connectivity index (χ3v) is 3.23. The van der Waals surface area contributed by atoms with Crippen LogP contribution in [0.25, 0.3) is 0 Å². The molecule has 0 unspecified atom stereocenters. The minimum Gasteiger partial charge on any atom is -0.478 e. The van der Waals surface area contributed by atoms with Crippen LogP contribution in [0.5, 0.6) is 0 Å². The molecule has 0 atom stereocenters. The number of carbonyl (C=O) groups excluding carboxylic acids is 1. The lowest BCUT2D eigenvalue weighted by molar-refractivity contribution is 0.0696. The summed E-state index contributed by atoms with van der Waals surface area (Å²) in [5, 5.41) is 11.9. The van der Waals surface area contributed by atoms with Gasteiger partial charge in [-0.15, -0.1) is 0 Å². The van der Waals surface area contributed by atoms with E-state index in [1.165, 1.54) is 0 Å². The quantitative estimate of drug-likeness (QED) is 0.871. The van der Waals surface area contributed by atoms with Gasteiger partial charge >= 0.3 is 12.0 Å². The smallest absolute Gasteiger partial charge is 0.335 e. The van der Waals surface area contributed by atoms with Crippen molar-refractivity contribution in [1.82, 2.24) is 10.2 Å². The number of nitrogens with one attached hydrogen (secondary N) is 1. The second-order valence-electron chi connectivity index (χ2n) is 6.36. The Balaban J connectivity index is 2.02. The van der Waals surface area contributed by atoms with Crippen LogP contribution in [0.4, 0.5) is 4.79 Å². The van der Waals surface area contributed by atoms with Crippen LogP contribution in [0.2, 0.25) is 0 Å². The van der Waals surface area contributed by atoms with Gasteiger partial charge in [0.15, 0.2) is 0 Å². The van der Waals surface area contributed by atoms with E-state index in [1.54, 1.807) is 23.1 Å². The van der Waals surface area contributed by atoms with Crippen molar-refractivity contribution in [2.75, 3.05) is 6.54 Å². The highest BCUT2D eigenvalue weighted by molar-refractivity contribution is 5.88. The van der Waals surface area contributed by atoms with E-state index in [0.717, 1.165) is 11.1 Å². The summed E-state index contributed by atoms with van der Waals surface area (Å²) in [6.07, 6.45) is 0. The zero-order valence-electron chi connectivity index (χ0n) is 12.1. The van der Waals surface area contributed by atoms with Crippen molar-refractivity contribution < 1.29 is 14.7 Å². The maximum atomic E-state index is 12.1. The molecule has 5 nitrogen and oxygen atoms in total. The first-order valence-electron chi connectivity index (χ1n) is 6.64. The van der Waals surface area contributed by atoms with Gasteiger partial charge in [-0.25, -0.2) is 9.59 Å². The van der Waals surface area contributed by atoms with Crippen LogP contribution in [-0.4, -0.2) is 28.6 Å². The first-order valence-corrected chi connectivity index (χ1v) is 6.64. The van der Waals surface area contributed by atoms with Crippen LogP contribution in [0, 0.1) is 5.41 Å². The van der Waals surface area contributed by atoms with Crippen molar-refractivity contribution in [2.24, 2.45) is 5.41 Å². The lowest BCUT2D eigenvalue weighted by Gasteiger charge is -2.22. The van der Waals surface area contributed by atoms with Crippen LogP contribution in [0.15, 0.2) is 18.2 Å². The number of carboxylic acid groups (broad SMARTS) is 1. The number of hydrogen-bond acceptors (Lipinski definition) is 2. The third-order valence-electron chi connectivity index (χ3n) is 3.23. The molecule has 0 fully saturated rings. The van der Waals surface area contributed by atoms with Gasteiger partial charge in [-0.05, 0) is 28.7 Å². The Bertz CT molecular complexity index is 547. The molecule has 108 valence electrons. The lowest BCUT2D eigenvalue weighted by Crippen LogP contribution is -2.40. The lowest BCUT2D eigenvalue weighted by atomic mass is 9.97. The number of rotatable bonds is 2. The molecule has 2 amide bonds. The summed E-state index contributed by atoms with van der Waals surface area (Å²) in [5.41, 5.74) is 2.23. The second kappa shape index (κ2) is 5.15. The van der Waals surface area contributed by atoms with Gasteiger partial charge in [0, 0.05) is 19.6 Å². The summed E-state index contributed by atoms with van der Waals surface area (Å²) < 4.78 is 0. The number of hydrogen-bond donors (Lipinski definition) is 2. The highest BCUT2D eigenvalue weighted by atomic mass is 16.4. The molecule has 0 radical (unpaired) electrons. The standard InChI is InChI=1S/C15H20N2O3/c1-15(2,3)9-16-14(20)17-7-11-5-4-10(13(18)19)6-12(11)8-17/h4-6H,7-9H2,1-3H3,(H,16,20)(H,18,19). The Morgan fingerprint density at radius 1 is 1.25 bits per heavy atom. The van der Waals surface area contributed by atoms with Crippen LogP contribution in [0.3, 0.4) is 0 Å². The average molecular weight is 276 g/mol. The van der Waals surface area contributed by atoms with Crippen LogP contribution in [0.1, 0.15) is 42.3 Å². The van der Waals surface area contributed by atoms with E-state index >= 15 is 0 Å². The molecule has 0 saturated carbocycles. The minimum atomic E-state index is -0.941. The molecule has 2 rings (SSSR count). The molecule has 1 aromatic rings. The van der Waals surface area contributed by atoms with E-state index in [9.17, 15) is 9.59 Å². The van der Waals surface area contributed by atoms with Crippen molar-refractivity contribution in [3.8, 4) is 0 Å². The molecule has 0 aliphatic carbocycles. The predicted octanol–water partition coefficient (Wildman–Crippen LogP) is 2.46. The second-order valence-corrected chi connectivity index (χ2v) is 6.36. The Hall–Kier alpha value is -2.04. The molecule has 0 spiro atoms. The fourth-order valence-corrected chi connectivity index (χ4v) is 2.12. The summed E-state index contributed by atoms with van der Waals surface area (Å²) in [4.78, 5) is 24.7. The van der Waals surface area contributed by atoms with Gasteiger partial charge in [0.2, 0.25) is 0 Å². The zero-order valence-corrected chi connectivity index (χ0v) is 12.1. The number of carboxylic acids is 1. The number of benzene rings is 1. The number of nitrogens with zero attached hydrogens (tertiary/aromatic N) is 1. The van der Waals surface area contributed by atoms with Crippen molar-refractivity contribution in [3.63, 3.8) is 0 Å². The van der Waals surface area contributed by atoms with E-state index in [2.05, 4.69) is 26.1 Å². The van der Waals surface area contributed by atoms with Gasteiger partial charge in [-0.3, -0.25) is 0 Å². The topological polar surface area (TPSA) is 69.6 Å². The van der Waals surface area contributed by atoms with Crippen LogP contribution < -0.4 is 5.32 Å². The molecule has 0 aromatic heterocycles. The van der Waals surface area contributed by atoms with Gasteiger partial charge in [0.1, 0.15) is 0 Å². The molecule has 1 aromatic carbocycles. The van der Waals surface area contributed by atoms with E-state index in [4.69, 9.17) is 5.11 Å². The fraction of sp³-hybridized carbons (Fsp3) is 0.467. The number of amides is 2. The molecule has 0 saturated heterocycles. The summed E-state index contributed by atoms with van der Waals surface area (Å²) in [6, 6.07) is 4.91. The molecule has 2 N–H and O–H groups in total. The molecule has 20 heavy (non-hydrogen) atoms. The Morgan fingerprint density at radius 3 is 2.50 bits per heavy atom. The van der Waals surface area contributed by atoms with E-state index < -0.39 is 5.97 Å². The van der Waals surface area contributed by atoms with Crippen LogP contribution >= 0.6 is 0 Å². The van der Waals surface area contributed by atoms with E-state index in [1.807, 2.05) is 0 Å². The number of urea groups is 1. The average Bonchev–Trinajstić information content (AvgIpc) is 2.77. The predicted molar refractivity (Wildman–Crippen MR) is 75.5 cm³/mol. The molecule has 1 heterocycles. The summed E-state index contributed by atoms with van der Waals surface area (Å²) in [5.74, 6) is -0.941. The van der Waals surface area contributed by atoms with Crippen LogP contribution in [-0.2, 0) is 13.1 Å². The van der Waals surface area contributed by atoms with Crippen molar-refractivity contribution >= 4 is 12.0 Å².